The Kier molecular flexibility index (Phi) is 9.05. The maximum absolute atomic E-state index is 13.4. The Morgan fingerprint density at radius 3 is 2.64 bits per heavy atom. The molecule has 0 aliphatic carbocycles. The topological polar surface area (TPSA) is 100 Å². The van der Waals surface area contributed by atoms with Crippen LogP contribution in [0.15, 0.2) is 77.4 Å². The highest BCUT2D eigenvalue weighted by Gasteiger charge is 2.32. The predicted octanol–water partition coefficient (Wildman–Crippen LogP) is 6.16. The molecule has 3 aromatic rings. The summed E-state index contributed by atoms with van der Waals surface area (Å²) in [5.74, 6) is -0.801. The van der Waals surface area contributed by atoms with Gasteiger partial charge in [-0.2, -0.15) is 8.78 Å². The molecular formula is C27H22ClF2N3O5S. The molecule has 0 unspecified atom stereocenters. The highest BCUT2D eigenvalue weighted by atomic mass is 35.5. The van der Waals surface area contributed by atoms with Crippen LogP contribution in [0.5, 0.6) is 17.2 Å². The first-order valence-electron chi connectivity index (χ1n) is 11.6. The fourth-order valence-corrected chi connectivity index (χ4v) is 4.54. The maximum atomic E-state index is 13.4. The van der Waals surface area contributed by atoms with E-state index in [0.717, 1.165) is 11.8 Å². The summed E-state index contributed by atoms with van der Waals surface area (Å²) in [4.78, 5) is 31.7. The molecule has 0 spiro atoms. The van der Waals surface area contributed by atoms with Crippen LogP contribution >= 0.6 is 23.4 Å². The minimum absolute atomic E-state index is 0.0463. The van der Waals surface area contributed by atoms with Crippen molar-refractivity contribution in [3.8, 4) is 17.2 Å². The van der Waals surface area contributed by atoms with Crippen LogP contribution in [0.3, 0.4) is 0 Å². The second kappa shape index (κ2) is 12.6. The molecule has 1 aliphatic rings. The van der Waals surface area contributed by atoms with Crippen LogP contribution in [-0.2, 0) is 9.59 Å². The number of halogens is 3. The standard InChI is InChI=1S/C27H22ClF2N3O5S/c1-2-37-23-13-16(6-11-22(23)34)12-21-25(36)33(19-7-9-20(10-8-19)38-26(29)30)27(32-21)39-15-24(35)31-18-5-3-4-17(28)14-18/h3-14,26,34H,2,15H2,1H3,(H,31,35)/b21-12-. The fourth-order valence-electron chi connectivity index (χ4n) is 3.54. The van der Waals surface area contributed by atoms with Gasteiger partial charge in [-0.05, 0) is 73.2 Å². The van der Waals surface area contributed by atoms with Gasteiger partial charge in [-0.15, -0.1) is 0 Å². The Labute approximate surface area is 231 Å². The van der Waals surface area contributed by atoms with E-state index in [9.17, 15) is 23.5 Å². The van der Waals surface area contributed by atoms with Crippen LogP contribution in [-0.4, -0.2) is 41.1 Å². The molecule has 2 N–H and O–H groups in total. The third-order valence-electron chi connectivity index (χ3n) is 5.18. The number of carbonyl (C=O) groups is 2. The molecule has 0 bridgehead atoms. The summed E-state index contributed by atoms with van der Waals surface area (Å²) in [6.07, 6.45) is 1.52. The van der Waals surface area contributed by atoms with Gasteiger partial charge in [-0.3, -0.25) is 14.5 Å². The highest BCUT2D eigenvalue weighted by Crippen LogP contribution is 2.33. The fraction of sp³-hybridized carbons (Fsp3) is 0.148. The lowest BCUT2D eigenvalue weighted by molar-refractivity contribution is -0.114. The van der Waals surface area contributed by atoms with Gasteiger partial charge in [0.15, 0.2) is 16.7 Å². The summed E-state index contributed by atoms with van der Waals surface area (Å²) >= 11 is 6.99. The smallest absolute Gasteiger partial charge is 0.387 e. The van der Waals surface area contributed by atoms with E-state index >= 15 is 0 Å². The molecule has 8 nitrogen and oxygen atoms in total. The Balaban J connectivity index is 1.60. The molecule has 12 heteroatoms. The van der Waals surface area contributed by atoms with E-state index in [-0.39, 0.29) is 39.8 Å². The van der Waals surface area contributed by atoms with Crippen LogP contribution in [0.4, 0.5) is 20.2 Å². The van der Waals surface area contributed by atoms with E-state index < -0.39 is 12.5 Å². The zero-order valence-electron chi connectivity index (χ0n) is 20.4. The highest BCUT2D eigenvalue weighted by molar-refractivity contribution is 8.14. The maximum Gasteiger partial charge on any atom is 0.387 e. The van der Waals surface area contributed by atoms with E-state index in [1.54, 1.807) is 43.3 Å². The number of nitrogens with zero attached hydrogens (tertiary/aromatic N) is 2. The van der Waals surface area contributed by atoms with Gasteiger partial charge in [-0.1, -0.05) is 35.5 Å². The molecule has 39 heavy (non-hydrogen) atoms. The van der Waals surface area contributed by atoms with Crippen LogP contribution in [0.2, 0.25) is 5.02 Å². The minimum atomic E-state index is -2.99. The number of aliphatic imine (C=N–C) groups is 1. The number of amidine groups is 1. The number of phenols is 1. The number of hydrogen-bond donors (Lipinski definition) is 2. The third-order valence-corrected chi connectivity index (χ3v) is 6.35. The summed E-state index contributed by atoms with van der Waals surface area (Å²) in [5, 5.41) is 13.4. The van der Waals surface area contributed by atoms with Crippen molar-refractivity contribution in [2.75, 3.05) is 22.6 Å². The number of anilines is 2. The third kappa shape index (κ3) is 7.27. The summed E-state index contributed by atoms with van der Waals surface area (Å²) in [6.45, 7) is -0.880. The van der Waals surface area contributed by atoms with E-state index in [0.29, 0.717) is 28.6 Å². The molecule has 4 rings (SSSR count). The summed E-state index contributed by atoms with van der Waals surface area (Å²) in [7, 11) is 0. The first-order valence-corrected chi connectivity index (χ1v) is 12.9. The molecule has 0 atom stereocenters. The molecule has 0 saturated carbocycles. The Hall–Kier alpha value is -4.09. The second-order valence-electron chi connectivity index (χ2n) is 7.94. The van der Waals surface area contributed by atoms with Crippen molar-refractivity contribution < 1.29 is 33.0 Å². The molecular weight excluding hydrogens is 552 g/mol. The van der Waals surface area contributed by atoms with Crippen molar-refractivity contribution in [3.05, 3.63) is 83.0 Å². The van der Waals surface area contributed by atoms with Crippen molar-refractivity contribution in [3.63, 3.8) is 0 Å². The van der Waals surface area contributed by atoms with Gasteiger partial charge in [0.2, 0.25) is 5.91 Å². The van der Waals surface area contributed by atoms with Gasteiger partial charge in [0, 0.05) is 10.7 Å². The SMILES string of the molecule is CCOc1cc(/C=C2\N=C(SCC(=O)Nc3cccc(Cl)c3)N(c3ccc(OC(F)F)cc3)C2=O)ccc1O. The molecule has 1 aliphatic heterocycles. The van der Waals surface area contributed by atoms with E-state index in [1.807, 2.05) is 0 Å². The van der Waals surface area contributed by atoms with Crippen molar-refractivity contribution in [2.45, 2.75) is 13.5 Å². The van der Waals surface area contributed by atoms with Crippen LogP contribution in [0, 0.1) is 0 Å². The van der Waals surface area contributed by atoms with Gasteiger partial charge in [0.25, 0.3) is 5.91 Å². The van der Waals surface area contributed by atoms with Gasteiger partial charge in [-0.25, -0.2) is 4.99 Å². The van der Waals surface area contributed by atoms with Gasteiger partial charge >= 0.3 is 6.61 Å². The number of rotatable bonds is 9. The number of phenolic OH excluding ortho intramolecular Hbond substituents is 1. The van der Waals surface area contributed by atoms with E-state index in [1.165, 1.54) is 41.3 Å². The number of benzene rings is 3. The van der Waals surface area contributed by atoms with Crippen molar-refractivity contribution >= 4 is 57.8 Å². The van der Waals surface area contributed by atoms with Crippen molar-refractivity contribution in [2.24, 2.45) is 4.99 Å². The average Bonchev–Trinajstić information content (AvgIpc) is 3.19. The second-order valence-corrected chi connectivity index (χ2v) is 9.32. The lowest BCUT2D eigenvalue weighted by Gasteiger charge is -2.18. The van der Waals surface area contributed by atoms with E-state index in [4.69, 9.17) is 16.3 Å². The Morgan fingerprint density at radius 1 is 1.18 bits per heavy atom. The number of alkyl halides is 2. The zero-order chi connectivity index (χ0) is 27.9. The summed E-state index contributed by atoms with van der Waals surface area (Å²) in [5.41, 5.74) is 1.47. The van der Waals surface area contributed by atoms with Crippen molar-refractivity contribution in [1.82, 2.24) is 0 Å². The average molecular weight is 574 g/mol. The number of thioether (sulfide) groups is 1. The molecule has 1 heterocycles. The summed E-state index contributed by atoms with van der Waals surface area (Å²) in [6, 6.07) is 16.8. The van der Waals surface area contributed by atoms with Crippen LogP contribution < -0.4 is 19.7 Å². The Bertz CT molecular complexity index is 1430. The molecule has 0 radical (unpaired) electrons. The zero-order valence-corrected chi connectivity index (χ0v) is 22.0. The number of hydrogen-bond acceptors (Lipinski definition) is 7. The van der Waals surface area contributed by atoms with Gasteiger partial charge in [0.05, 0.1) is 18.0 Å². The van der Waals surface area contributed by atoms with E-state index in [2.05, 4.69) is 15.0 Å². The molecule has 2 amide bonds. The van der Waals surface area contributed by atoms with Crippen LogP contribution in [0.25, 0.3) is 6.08 Å². The van der Waals surface area contributed by atoms with Crippen LogP contribution in [0.1, 0.15) is 12.5 Å². The van der Waals surface area contributed by atoms with Crippen molar-refractivity contribution in [1.29, 1.82) is 0 Å². The molecule has 0 aromatic heterocycles. The quantitative estimate of drug-likeness (QED) is 0.297. The number of carbonyl (C=O) groups excluding carboxylic acids is 2. The lowest BCUT2D eigenvalue weighted by atomic mass is 10.1. The first kappa shape index (κ1) is 27.9. The molecule has 0 fully saturated rings. The largest absolute Gasteiger partial charge is 0.504 e. The molecule has 0 saturated heterocycles. The Morgan fingerprint density at radius 2 is 1.95 bits per heavy atom. The molecule has 202 valence electrons. The minimum Gasteiger partial charge on any atom is -0.504 e. The molecule has 3 aromatic carbocycles. The summed E-state index contributed by atoms with van der Waals surface area (Å²) < 4.78 is 34.9. The van der Waals surface area contributed by atoms with Gasteiger partial charge in [0.1, 0.15) is 11.4 Å². The van der Waals surface area contributed by atoms with Gasteiger partial charge < -0.3 is 19.9 Å². The predicted molar refractivity (Wildman–Crippen MR) is 148 cm³/mol. The first-order chi connectivity index (χ1) is 18.7. The number of ether oxygens (including phenoxy) is 2. The monoisotopic (exact) mass is 573 g/mol. The number of nitrogens with one attached hydrogen (secondary N) is 1. The number of amides is 2. The number of aromatic hydroxyl groups is 1. The lowest BCUT2D eigenvalue weighted by Crippen LogP contribution is -2.31. The normalized spacial score (nSPS) is 14.1.